The molecule has 0 unspecified atom stereocenters. The highest BCUT2D eigenvalue weighted by Crippen LogP contribution is 2.15. The van der Waals surface area contributed by atoms with Crippen molar-refractivity contribution < 1.29 is 0 Å². The van der Waals surface area contributed by atoms with Crippen molar-refractivity contribution in [3.63, 3.8) is 0 Å². The average Bonchev–Trinajstić information content (AvgIpc) is 2.05. The third-order valence-electron chi connectivity index (χ3n) is 0.797. The Labute approximate surface area is 67.9 Å². The van der Waals surface area contributed by atoms with Crippen molar-refractivity contribution >= 4 is 29.7 Å². The first-order chi connectivity index (χ1) is 4.84. The van der Waals surface area contributed by atoms with E-state index in [1.54, 1.807) is 0 Å². The lowest BCUT2D eigenvalue weighted by atomic mass is 11.0. The zero-order valence-corrected chi connectivity index (χ0v) is 6.80. The van der Waals surface area contributed by atoms with E-state index in [0.29, 0.717) is 5.95 Å². The molecule has 0 fully saturated rings. The predicted molar refractivity (Wildman–Crippen MR) is 41.7 cm³/mol. The lowest BCUT2D eigenvalue weighted by molar-refractivity contribution is 1.05. The average molecular weight is 177 g/mol. The Bertz CT molecular complexity index is 194. The fraction of sp³-hybridized carbons (Fsp3) is 0.250. The zero-order valence-electron chi connectivity index (χ0n) is 5.23. The van der Waals surface area contributed by atoms with Crippen LogP contribution in [-0.2, 0) is 0 Å². The van der Waals surface area contributed by atoms with Gasteiger partial charge in [0.2, 0.25) is 0 Å². The molecule has 0 spiro atoms. The van der Waals surface area contributed by atoms with Crippen molar-refractivity contribution in [2.75, 3.05) is 10.1 Å². The van der Waals surface area contributed by atoms with Gasteiger partial charge in [0.15, 0.2) is 0 Å². The molecule has 0 amide bonds. The van der Waals surface area contributed by atoms with Crippen LogP contribution in [0.3, 0.4) is 0 Å². The SMILES string of the molecule is CSN(Cl)c1ncncn1. The lowest BCUT2D eigenvalue weighted by Crippen LogP contribution is -2.01. The number of halogens is 1. The van der Waals surface area contributed by atoms with Gasteiger partial charge in [-0.05, 0) is 11.9 Å². The summed E-state index contributed by atoms with van der Waals surface area (Å²) in [5, 5.41) is 0. The van der Waals surface area contributed by atoms with Crippen LogP contribution in [0.5, 0.6) is 0 Å². The van der Waals surface area contributed by atoms with Gasteiger partial charge in [0.1, 0.15) is 12.7 Å². The highest BCUT2D eigenvalue weighted by molar-refractivity contribution is 8.01. The number of rotatable bonds is 2. The second kappa shape index (κ2) is 3.58. The molecule has 0 saturated heterocycles. The molecule has 0 saturated carbocycles. The maximum Gasteiger partial charge on any atom is 0.253 e. The summed E-state index contributed by atoms with van der Waals surface area (Å²) in [4.78, 5) is 11.2. The topological polar surface area (TPSA) is 41.9 Å². The first-order valence-electron chi connectivity index (χ1n) is 2.46. The Hall–Kier alpha value is -0.550. The van der Waals surface area contributed by atoms with Crippen LogP contribution in [0.4, 0.5) is 5.95 Å². The fourth-order valence-electron chi connectivity index (χ4n) is 0.406. The van der Waals surface area contributed by atoms with Gasteiger partial charge in [-0.15, -0.1) is 0 Å². The van der Waals surface area contributed by atoms with Gasteiger partial charge in [-0.3, -0.25) is 0 Å². The molecule has 0 bridgehead atoms. The lowest BCUT2D eigenvalue weighted by Gasteiger charge is -2.06. The first kappa shape index (κ1) is 7.56. The molecule has 54 valence electrons. The molecule has 0 aliphatic heterocycles. The number of anilines is 1. The smallest absolute Gasteiger partial charge is 0.225 e. The highest BCUT2D eigenvalue weighted by atomic mass is 35.5. The summed E-state index contributed by atoms with van der Waals surface area (Å²) < 4.78 is 1.34. The summed E-state index contributed by atoms with van der Waals surface area (Å²) in [5.74, 6) is 0.448. The molecule has 0 aliphatic carbocycles. The molecule has 1 aromatic rings. The van der Waals surface area contributed by atoms with Crippen LogP contribution in [0.2, 0.25) is 0 Å². The van der Waals surface area contributed by atoms with Crippen molar-refractivity contribution in [2.45, 2.75) is 0 Å². The summed E-state index contributed by atoms with van der Waals surface area (Å²) in [6.45, 7) is 0. The zero-order chi connectivity index (χ0) is 7.40. The standard InChI is InChI=1S/C4H5ClN4S/c1-10-9(5)4-7-2-6-3-8-4/h2-3H,1H3. The number of nitrogens with zero attached hydrogens (tertiary/aromatic N) is 4. The molecule has 4 nitrogen and oxygen atoms in total. The second-order valence-corrected chi connectivity index (χ2v) is 2.63. The third-order valence-corrected chi connectivity index (χ3v) is 1.85. The predicted octanol–water partition coefficient (Wildman–Crippen LogP) is 1.11. The Kier molecular flexibility index (Phi) is 2.70. The quantitative estimate of drug-likeness (QED) is 0.499. The molecule has 1 aromatic heterocycles. The van der Waals surface area contributed by atoms with Crippen LogP contribution in [-0.4, -0.2) is 21.2 Å². The van der Waals surface area contributed by atoms with Gasteiger partial charge in [-0.25, -0.2) is 4.98 Å². The Morgan fingerprint density at radius 3 is 2.60 bits per heavy atom. The molecule has 1 rings (SSSR count). The van der Waals surface area contributed by atoms with Crippen LogP contribution in [0.1, 0.15) is 0 Å². The minimum atomic E-state index is 0.448. The van der Waals surface area contributed by atoms with Crippen molar-refractivity contribution in [2.24, 2.45) is 0 Å². The normalized spacial score (nSPS) is 9.40. The van der Waals surface area contributed by atoms with E-state index in [9.17, 15) is 0 Å². The van der Waals surface area contributed by atoms with Crippen molar-refractivity contribution in [1.82, 2.24) is 15.0 Å². The first-order valence-corrected chi connectivity index (χ1v) is 3.98. The Morgan fingerprint density at radius 1 is 1.50 bits per heavy atom. The number of hydrogen-bond acceptors (Lipinski definition) is 5. The van der Waals surface area contributed by atoms with E-state index in [1.165, 1.54) is 28.4 Å². The summed E-state index contributed by atoms with van der Waals surface area (Å²) in [5.41, 5.74) is 0. The molecular formula is C4H5ClN4S. The van der Waals surface area contributed by atoms with Gasteiger partial charge in [0.05, 0.1) is 0 Å². The van der Waals surface area contributed by atoms with E-state index < -0.39 is 0 Å². The minimum absolute atomic E-state index is 0.448. The van der Waals surface area contributed by atoms with Crippen LogP contribution >= 0.6 is 23.7 Å². The van der Waals surface area contributed by atoms with Crippen LogP contribution in [0, 0.1) is 0 Å². The molecular weight excluding hydrogens is 172 g/mol. The maximum absolute atomic E-state index is 5.63. The van der Waals surface area contributed by atoms with Crippen molar-refractivity contribution in [1.29, 1.82) is 0 Å². The van der Waals surface area contributed by atoms with Gasteiger partial charge < -0.3 is 0 Å². The van der Waals surface area contributed by atoms with E-state index in [0.717, 1.165) is 0 Å². The molecule has 1 heterocycles. The highest BCUT2D eigenvalue weighted by Gasteiger charge is 2.01. The van der Waals surface area contributed by atoms with Crippen LogP contribution in [0.15, 0.2) is 12.7 Å². The summed E-state index contributed by atoms with van der Waals surface area (Å²) in [6, 6.07) is 0. The molecule has 0 radical (unpaired) electrons. The molecule has 6 heteroatoms. The number of aromatic nitrogens is 3. The van der Waals surface area contributed by atoms with E-state index in [2.05, 4.69) is 15.0 Å². The summed E-state index contributed by atoms with van der Waals surface area (Å²) >= 11 is 6.96. The largest absolute Gasteiger partial charge is 0.253 e. The van der Waals surface area contributed by atoms with Crippen molar-refractivity contribution in [3.05, 3.63) is 12.7 Å². The van der Waals surface area contributed by atoms with Crippen molar-refractivity contribution in [3.8, 4) is 0 Å². The van der Waals surface area contributed by atoms with Crippen LogP contribution in [0.25, 0.3) is 0 Å². The van der Waals surface area contributed by atoms with E-state index in [-0.39, 0.29) is 0 Å². The Balaban J connectivity index is 2.75. The molecule has 0 atom stereocenters. The van der Waals surface area contributed by atoms with E-state index in [1.807, 2.05) is 6.26 Å². The van der Waals surface area contributed by atoms with E-state index in [4.69, 9.17) is 11.8 Å². The minimum Gasteiger partial charge on any atom is -0.225 e. The van der Waals surface area contributed by atoms with Gasteiger partial charge >= 0.3 is 0 Å². The summed E-state index contributed by atoms with van der Waals surface area (Å²) in [7, 11) is 0. The molecule has 0 aromatic carbocycles. The van der Waals surface area contributed by atoms with Gasteiger partial charge in [0.25, 0.3) is 5.95 Å². The monoisotopic (exact) mass is 176 g/mol. The third kappa shape index (κ3) is 1.71. The molecule has 0 aliphatic rings. The molecule has 0 N–H and O–H groups in total. The molecule has 10 heavy (non-hydrogen) atoms. The van der Waals surface area contributed by atoms with Crippen LogP contribution < -0.4 is 3.82 Å². The van der Waals surface area contributed by atoms with Gasteiger partial charge in [-0.1, -0.05) is 0 Å². The van der Waals surface area contributed by atoms with E-state index >= 15 is 0 Å². The summed E-state index contributed by atoms with van der Waals surface area (Å²) in [6.07, 6.45) is 4.62. The Morgan fingerprint density at radius 2 is 2.10 bits per heavy atom. The fourth-order valence-corrected chi connectivity index (χ4v) is 0.750. The second-order valence-electron chi connectivity index (χ2n) is 1.37. The number of hydrogen-bond donors (Lipinski definition) is 0. The van der Waals surface area contributed by atoms with Gasteiger partial charge in [-0.2, -0.15) is 13.8 Å². The maximum atomic E-state index is 5.63. The van der Waals surface area contributed by atoms with Gasteiger partial charge in [0, 0.05) is 18.0 Å².